The van der Waals surface area contributed by atoms with Gasteiger partial charge in [0.05, 0.1) is 0 Å². The molecule has 0 aliphatic heterocycles. The highest BCUT2D eigenvalue weighted by molar-refractivity contribution is 6.33. The maximum Gasteiger partial charge on any atom is 0.375 e. The molecule has 3 nitrogen and oxygen atoms in total. The molecular weight excluding hydrogens is 228 g/mol. The number of rotatable bonds is 4. The standard InChI is InChI=1S/C15H20O3/c1-11-5-7-12(8-6-11)9-10-13(16)14(17)18-15(2,3)4/h5-8H,9-10H2,1-4H3. The Kier molecular flexibility index (Phi) is 4.65. The lowest BCUT2D eigenvalue weighted by Crippen LogP contribution is -2.29. The van der Waals surface area contributed by atoms with Crippen molar-refractivity contribution in [1.29, 1.82) is 0 Å². The van der Waals surface area contributed by atoms with E-state index in [-0.39, 0.29) is 6.42 Å². The first-order valence-corrected chi connectivity index (χ1v) is 6.09. The van der Waals surface area contributed by atoms with Gasteiger partial charge in [-0.3, -0.25) is 4.79 Å². The van der Waals surface area contributed by atoms with Crippen molar-refractivity contribution in [3.63, 3.8) is 0 Å². The zero-order valence-electron chi connectivity index (χ0n) is 11.4. The molecule has 0 amide bonds. The van der Waals surface area contributed by atoms with Gasteiger partial charge in [0.15, 0.2) is 0 Å². The predicted octanol–water partition coefficient (Wildman–Crippen LogP) is 2.84. The molecule has 0 aromatic heterocycles. The summed E-state index contributed by atoms with van der Waals surface area (Å²) in [5, 5.41) is 0. The van der Waals surface area contributed by atoms with E-state index in [1.165, 1.54) is 5.56 Å². The van der Waals surface area contributed by atoms with Crippen LogP contribution in [0.3, 0.4) is 0 Å². The third-order valence-corrected chi connectivity index (χ3v) is 2.39. The molecule has 3 heteroatoms. The van der Waals surface area contributed by atoms with Gasteiger partial charge in [-0.15, -0.1) is 0 Å². The number of benzene rings is 1. The molecule has 0 saturated carbocycles. The van der Waals surface area contributed by atoms with E-state index in [4.69, 9.17) is 4.74 Å². The van der Waals surface area contributed by atoms with Crippen LogP contribution in [0, 0.1) is 6.92 Å². The second kappa shape index (κ2) is 5.80. The van der Waals surface area contributed by atoms with Crippen LogP contribution >= 0.6 is 0 Å². The lowest BCUT2D eigenvalue weighted by Gasteiger charge is -2.18. The van der Waals surface area contributed by atoms with Gasteiger partial charge in [-0.2, -0.15) is 0 Å². The van der Waals surface area contributed by atoms with Gasteiger partial charge in [0.2, 0.25) is 5.78 Å². The Labute approximate surface area is 108 Å². The monoisotopic (exact) mass is 248 g/mol. The molecule has 0 spiro atoms. The largest absolute Gasteiger partial charge is 0.454 e. The van der Waals surface area contributed by atoms with Crippen LogP contribution < -0.4 is 0 Å². The molecule has 0 unspecified atom stereocenters. The molecule has 1 aromatic carbocycles. The average molecular weight is 248 g/mol. The first-order chi connectivity index (χ1) is 8.28. The average Bonchev–Trinajstić information content (AvgIpc) is 2.25. The van der Waals surface area contributed by atoms with Gasteiger partial charge in [-0.25, -0.2) is 4.79 Å². The van der Waals surface area contributed by atoms with E-state index in [9.17, 15) is 9.59 Å². The van der Waals surface area contributed by atoms with Crippen molar-refractivity contribution in [2.24, 2.45) is 0 Å². The topological polar surface area (TPSA) is 43.4 Å². The van der Waals surface area contributed by atoms with Crippen LogP contribution in [0.2, 0.25) is 0 Å². The molecule has 1 aromatic rings. The Bertz CT molecular complexity index is 424. The molecule has 0 heterocycles. The minimum atomic E-state index is -0.741. The number of carbonyl (C=O) groups is 2. The fourth-order valence-corrected chi connectivity index (χ4v) is 1.45. The summed E-state index contributed by atoms with van der Waals surface area (Å²) in [6, 6.07) is 7.93. The normalized spacial score (nSPS) is 11.1. The summed E-state index contributed by atoms with van der Waals surface area (Å²) < 4.78 is 5.02. The van der Waals surface area contributed by atoms with E-state index >= 15 is 0 Å². The summed E-state index contributed by atoms with van der Waals surface area (Å²) in [6.45, 7) is 7.25. The van der Waals surface area contributed by atoms with Gasteiger partial charge in [0, 0.05) is 6.42 Å². The molecular formula is C15H20O3. The van der Waals surface area contributed by atoms with Gasteiger partial charge >= 0.3 is 5.97 Å². The van der Waals surface area contributed by atoms with Crippen molar-refractivity contribution in [2.45, 2.75) is 46.1 Å². The Balaban J connectivity index is 2.46. The predicted molar refractivity (Wildman–Crippen MR) is 70.4 cm³/mol. The molecule has 0 fully saturated rings. The minimum Gasteiger partial charge on any atom is -0.454 e. The number of hydrogen-bond acceptors (Lipinski definition) is 3. The van der Waals surface area contributed by atoms with E-state index in [1.807, 2.05) is 31.2 Å². The molecule has 0 saturated heterocycles. The number of esters is 1. The number of hydrogen-bond donors (Lipinski definition) is 0. The van der Waals surface area contributed by atoms with E-state index in [2.05, 4.69) is 0 Å². The van der Waals surface area contributed by atoms with Crippen molar-refractivity contribution in [3.05, 3.63) is 35.4 Å². The number of aryl methyl sites for hydroxylation is 2. The van der Waals surface area contributed by atoms with Gasteiger partial charge in [0.1, 0.15) is 5.60 Å². The van der Waals surface area contributed by atoms with Crippen molar-refractivity contribution in [3.8, 4) is 0 Å². The van der Waals surface area contributed by atoms with Crippen molar-refractivity contribution >= 4 is 11.8 Å². The summed E-state index contributed by atoms with van der Waals surface area (Å²) in [4.78, 5) is 23.0. The molecule has 0 N–H and O–H groups in total. The zero-order valence-corrected chi connectivity index (χ0v) is 11.4. The van der Waals surface area contributed by atoms with Gasteiger partial charge in [0.25, 0.3) is 0 Å². The molecule has 1 rings (SSSR count). The molecule has 0 atom stereocenters. The van der Waals surface area contributed by atoms with E-state index < -0.39 is 17.4 Å². The molecule has 98 valence electrons. The number of ketones is 1. The zero-order chi connectivity index (χ0) is 13.8. The maximum absolute atomic E-state index is 11.6. The highest BCUT2D eigenvalue weighted by Gasteiger charge is 2.22. The summed E-state index contributed by atoms with van der Waals surface area (Å²) in [7, 11) is 0. The van der Waals surface area contributed by atoms with Crippen molar-refractivity contribution in [1.82, 2.24) is 0 Å². The molecule has 0 bridgehead atoms. The van der Waals surface area contributed by atoms with Crippen LogP contribution in [-0.4, -0.2) is 17.4 Å². The number of carbonyl (C=O) groups excluding carboxylic acids is 2. The highest BCUT2D eigenvalue weighted by Crippen LogP contribution is 2.10. The Hall–Kier alpha value is -1.64. The van der Waals surface area contributed by atoms with Crippen LogP contribution in [0.5, 0.6) is 0 Å². The minimum absolute atomic E-state index is 0.192. The summed E-state index contributed by atoms with van der Waals surface area (Å²) in [6.07, 6.45) is 0.760. The van der Waals surface area contributed by atoms with Crippen molar-refractivity contribution in [2.75, 3.05) is 0 Å². The molecule has 18 heavy (non-hydrogen) atoms. The lowest BCUT2D eigenvalue weighted by molar-refractivity contribution is -0.162. The first-order valence-electron chi connectivity index (χ1n) is 6.09. The summed E-state index contributed by atoms with van der Waals surface area (Å²) in [5.74, 6) is -1.21. The number of Topliss-reactive ketones (excluding diaryl/α,β-unsaturated/α-hetero) is 1. The van der Waals surface area contributed by atoms with Gasteiger partial charge in [-0.1, -0.05) is 29.8 Å². The highest BCUT2D eigenvalue weighted by atomic mass is 16.6. The third kappa shape index (κ3) is 5.13. The van der Waals surface area contributed by atoms with Crippen LogP contribution in [0.25, 0.3) is 0 Å². The van der Waals surface area contributed by atoms with Gasteiger partial charge < -0.3 is 4.74 Å². The Morgan fingerprint density at radius 3 is 2.17 bits per heavy atom. The molecule has 0 aliphatic rings. The summed E-state index contributed by atoms with van der Waals surface area (Å²) >= 11 is 0. The van der Waals surface area contributed by atoms with E-state index in [1.54, 1.807) is 20.8 Å². The van der Waals surface area contributed by atoms with Gasteiger partial charge in [-0.05, 0) is 39.7 Å². The van der Waals surface area contributed by atoms with Crippen LogP contribution in [0.4, 0.5) is 0 Å². The fraction of sp³-hybridized carbons (Fsp3) is 0.467. The lowest BCUT2D eigenvalue weighted by atomic mass is 10.1. The van der Waals surface area contributed by atoms with E-state index in [0.717, 1.165) is 5.56 Å². The quantitative estimate of drug-likeness (QED) is 0.608. The van der Waals surface area contributed by atoms with Crippen LogP contribution in [0.15, 0.2) is 24.3 Å². The number of ether oxygens (including phenoxy) is 1. The smallest absolute Gasteiger partial charge is 0.375 e. The second-order valence-corrected chi connectivity index (χ2v) is 5.41. The Morgan fingerprint density at radius 1 is 1.11 bits per heavy atom. The Morgan fingerprint density at radius 2 is 1.67 bits per heavy atom. The second-order valence-electron chi connectivity index (χ2n) is 5.41. The molecule has 0 aliphatic carbocycles. The fourth-order valence-electron chi connectivity index (χ4n) is 1.45. The van der Waals surface area contributed by atoms with Crippen molar-refractivity contribution < 1.29 is 14.3 Å². The maximum atomic E-state index is 11.6. The molecule has 0 radical (unpaired) electrons. The SMILES string of the molecule is Cc1ccc(CCC(=O)C(=O)OC(C)(C)C)cc1. The first kappa shape index (κ1) is 14.4. The van der Waals surface area contributed by atoms with Crippen LogP contribution in [-0.2, 0) is 20.7 Å². The third-order valence-electron chi connectivity index (χ3n) is 2.39. The van der Waals surface area contributed by atoms with Crippen LogP contribution in [0.1, 0.15) is 38.3 Å². The van der Waals surface area contributed by atoms with E-state index in [0.29, 0.717) is 6.42 Å². The summed E-state index contributed by atoms with van der Waals surface area (Å²) in [5.41, 5.74) is 1.62.